The van der Waals surface area contributed by atoms with Crippen molar-refractivity contribution in [2.45, 2.75) is 25.3 Å². The summed E-state index contributed by atoms with van der Waals surface area (Å²) < 4.78 is 0. The van der Waals surface area contributed by atoms with E-state index in [0.717, 1.165) is 73.2 Å². The van der Waals surface area contributed by atoms with Crippen LogP contribution < -0.4 is 4.90 Å². The summed E-state index contributed by atoms with van der Waals surface area (Å²) in [6, 6.07) is 12.4. The Morgan fingerprint density at radius 3 is 2.58 bits per heavy atom. The monoisotopic (exact) mass is 417 g/mol. The summed E-state index contributed by atoms with van der Waals surface area (Å²) in [5.74, 6) is 0.864. The number of hydrogen-bond acceptors (Lipinski definition) is 4. The lowest BCUT2D eigenvalue weighted by atomic mass is 10.0. The maximum Gasteiger partial charge on any atom is 0.227 e. The molecule has 7 heteroatoms. The topological polar surface area (TPSA) is 72.5 Å². The number of H-pyrrole nitrogens is 1. The van der Waals surface area contributed by atoms with Crippen molar-refractivity contribution < 1.29 is 9.59 Å². The number of aromatic amines is 1. The predicted octanol–water partition coefficient (Wildman–Crippen LogP) is 2.67. The molecule has 1 saturated carbocycles. The second kappa shape index (κ2) is 8.15. The number of nitrogens with zero attached hydrogens (tertiary/aromatic N) is 4. The molecule has 2 aliphatic rings. The van der Waals surface area contributed by atoms with Gasteiger partial charge < -0.3 is 14.8 Å². The zero-order valence-corrected chi connectivity index (χ0v) is 17.8. The maximum absolute atomic E-state index is 12.6. The highest BCUT2D eigenvalue weighted by atomic mass is 16.2. The molecule has 0 unspecified atom stereocenters. The van der Waals surface area contributed by atoms with Crippen molar-refractivity contribution in [1.29, 1.82) is 0 Å². The smallest absolute Gasteiger partial charge is 0.227 e. The summed E-state index contributed by atoms with van der Waals surface area (Å²) in [5, 5.41) is 1.02. The number of carbonyl (C=O) groups is 2. The summed E-state index contributed by atoms with van der Waals surface area (Å²) in [6.07, 6.45) is 5.22. The summed E-state index contributed by atoms with van der Waals surface area (Å²) >= 11 is 0. The fourth-order valence-corrected chi connectivity index (χ4v) is 4.22. The van der Waals surface area contributed by atoms with E-state index in [1.165, 1.54) is 0 Å². The van der Waals surface area contributed by atoms with Gasteiger partial charge in [0, 0.05) is 43.8 Å². The van der Waals surface area contributed by atoms with E-state index in [0.29, 0.717) is 12.2 Å². The van der Waals surface area contributed by atoms with Gasteiger partial charge in [-0.15, -0.1) is 0 Å². The highest BCUT2D eigenvalue weighted by Crippen LogP contribution is 2.35. The number of hydrogen-bond donors (Lipinski definition) is 1. The first-order valence-corrected chi connectivity index (χ1v) is 10.9. The van der Waals surface area contributed by atoms with Crippen LogP contribution >= 0.6 is 0 Å². The first-order chi connectivity index (χ1) is 15.1. The van der Waals surface area contributed by atoms with Crippen LogP contribution in [0.1, 0.15) is 18.4 Å². The van der Waals surface area contributed by atoms with E-state index in [9.17, 15) is 9.59 Å². The lowest BCUT2D eigenvalue weighted by molar-refractivity contribution is -0.132. The molecule has 5 rings (SSSR count). The molecule has 0 bridgehead atoms. The molecule has 2 amide bonds. The quantitative estimate of drug-likeness (QED) is 0.626. The highest BCUT2D eigenvalue weighted by Gasteiger charge is 2.30. The Morgan fingerprint density at radius 1 is 1.16 bits per heavy atom. The molecule has 2 aromatic heterocycles. The van der Waals surface area contributed by atoms with Crippen molar-refractivity contribution in [3.05, 3.63) is 48.2 Å². The largest absolute Gasteiger partial charge is 0.346 e. The Bertz CT molecular complexity index is 1090. The van der Waals surface area contributed by atoms with Crippen molar-refractivity contribution in [3.63, 3.8) is 0 Å². The van der Waals surface area contributed by atoms with Crippen molar-refractivity contribution in [2.24, 2.45) is 0 Å². The van der Waals surface area contributed by atoms with Crippen LogP contribution in [-0.4, -0.2) is 71.4 Å². The average Bonchev–Trinajstić information content (AvgIpc) is 3.50. The number of likely N-dealkylation sites (N-methyl/N-ethyl adjacent to an activating group) is 1. The summed E-state index contributed by atoms with van der Waals surface area (Å²) in [5.41, 5.74) is 3.87. The maximum atomic E-state index is 12.6. The summed E-state index contributed by atoms with van der Waals surface area (Å²) in [7, 11) is 2.09. The third kappa shape index (κ3) is 4.05. The highest BCUT2D eigenvalue weighted by molar-refractivity contribution is 5.96. The number of aromatic nitrogens is 2. The van der Waals surface area contributed by atoms with E-state index >= 15 is 0 Å². The zero-order chi connectivity index (χ0) is 21.4. The van der Waals surface area contributed by atoms with Gasteiger partial charge >= 0.3 is 0 Å². The molecule has 2 fully saturated rings. The molecule has 7 nitrogen and oxygen atoms in total. The molecule has 31 heavy (non-hydrogen) atoms. The lowest BCUT2D eigenvalue weighted by Gasteiger charge is -2.32. The molecular weight excluding hydrogens is 390 g/mol. The van der Waals surface area contributed by atoms with E-state index in [2.05, 4.69) is 34.0 Å². The molecule has 0 radical (unpaired) electrons. The Labute approximate surface area is 181 Å². The van der Waals surface area contributed by atoms with Gasteiger partial charge in [-0.05, 0) is 48.7 Å². The molecule has 0 atom stereocenters. The van der Waals surface area contributed by atoms with Gasteiger partial charge in [0.25, 0.3) is 0 Å². The lowest BCUT2D eigenvalue weighted by Crippen LogP contribution is -2.47. The minimum atomic E-state index is 0.186. The molecule has 1 aliphatic heterocycles. The van der Waals surface area contributed by atoms with Crippen LogP contribution in [-0.2, 0) is 16.0 Å². The van der Waals surface area contributed by atoms with Crippen LogP contribution in [0, 0.1) is 0 Å². The van der Waals surface area contributed by atoms with Gasteiger partial charge in [0.1, 0.15) is 11.5 Å². The minimum absolute atomic E-state index is 0.186. The van der Waals surface area contributed by atoms with Crippen molar-refractivity contribution >= 4 is 29.2 Å². The van der Waals surface area contributed by atoms with Crippen LogP contribution in [0.5, 0.6) is 0 Å². The fourth-order valence-electron chi connectivity index (χ4n) is 4.22. The van der Waals surface area contributed by atoms with E-state index in [-0.39, 0.29) is 11.9 Å². The SMILES string of the molecule is CN1CCN(C(=O)Cc2ccc(-c3cc(N(C=O)C4CC4)nc4[nH]ccc34)cc2)CC1. The van der Waals surface area contributed by atoms with Gasteiger partial charge in [-0.1, -0.05) is 24.3 Å². The van der Waals surface area contributed by atoms with Gasteiger partial charge in [0.2, 0.25) is 12.3 Å². The average molecular weight is 418 g/mol. The molecule has 3 heterocycles. The standard InChI is InChI=1S/C24H27N5O2/c1-27-10-12-28(13-11-27)23(31)14-17-2-4-18(5-3-17)21-15-22(29(16-30)19-6-7-19)26-24-20(21)8-9-25-24/h2-5,8-9,15-16,19H,6-7,10-14H2,1H3,(H,25,26). The Kier molecular flexibility index (Phi) is 5.19. The summed E-state index contributed by atoms with van der Waals surface area (Å²) in [4.78, 5) is 38.1. The van der Waals surface area contributed by atoms with E-state index in [1.54, 1.807) is 4.90 Å². The fraction of sp³-hybridized carbons (Fsp3) is 0.375. The number of nitrogens with one attached hydrogen (secondary N) is 1. The number of amides is 2. The summed E-state index contributed by atoms with van der Waals surface area (Å²) in [6.45, 7) is 3.46. The Balaban J connectivity index is 1.38. The van der Waals surface area contributed by atoms with E-state index in [4.69, 9.17) is 0 Å². The number of rotatable bonds is 6. The van der Waals surface area contributed by atoms with E-state index < -0.39 is 0 Å². The van der Waals surface area contributed by atoms with Crippen LogP contribution in [0.15, 0.2) is 42.6 Å². The molecule has 1 N–H and O–H groups in total. The first-order valence-electron chi connectivity index (χ1n) is 10.9. The molecule has 1 aromatic carbocycles. The van der Waals surface area contributed by atoms with Crippen molar-refractivity contribution in [3.8, 4) is 11.1 Å². The first kappa shape index (κ1) is 19.8. The van der Waals surface area contributed by atoms with Crippen molar-refractivity contribution in [1.82, 2.24) is 19.8 Å². The molecule has 3 aromatic rings. The number of fused-ring (bicyclic) bond motifs is 1. The Morgan fingerprint density at radius 2 is 1.90 bits per heavy atom. The number of piperazine rings is 1. The molecule has 1 aliphatic carbocycles. The van der Waals surface area contributed by atoms with Crippen LogP contribution in [0.25, 0.3) is 22.2 Å². The number of benzene rings is 1. The third-order valence-electron chi connectivity index (χ3n) is 6.31. The molecule has 160 valence electrons. The van der Waals surface area contributed by atoms with Crippen LogP contribution in [0.4, 0.5) is 5.82 Å². The van der Waals surface area contributed by atoms with Crippen molar-refractivity contribution in [2.75, 3.05) is 38.1 Å². The van der Waals surface area contributed by atoms with Crippen LogP contribution in [0.2, 0.25) is 0 Å². The zero-order valence-electron chi connectivity index (χ0n) is 17.8. The third-order valence-corrected chi connectivity index (χ3v) is 6.31. The number of carbonyl (C=O) groups excluding carboxylic acids is 2. The number of anilines is 1. The van der Waals surface area contributed by atoms with Gasteiger partial charge in [0.05, 0.1) is 6.42 Å². The minimum Gasteiger partial charge on any atom is -0.346 e. The number of pyridine rings is 1. The van der Waals surface area contributed by atoms with Gasteiger partial charge in [-0.2, -0.15) is 0 Å². The van der Waals surface area contributed by atoms with Gasteiger partial charge in [-0.3, -0.25) is 14.5 Å². The van der Waals surface area contributed by atoms with Crippen LogP contribution in [0.3, 0.4) is 0 Å². The van der Waals surface area contributed by atoms with E-state index in [1.807, 2.05) is 35.4 Å². The van der Waals surface area contributed by atoms with Gasteiger partial charge in [-0.25, -0.2) is 4.98 Å². The molecule has 1 saturated heterocycles. The predicted molar refractivity (Wildman–Crippen MR) is 121 cm³/mol. The second-order valence-corrected chi connectivity index (χ2v) is 8.57. The second-order valence-electron chi connectivity index (χ2n) is 8.57. The Hall–Kier alpha value is -3.19. The molecule has 0 spiro atoms. The molecular formula is C24H27N5O2. The normalized spacial score (nSPS) is 17.1. The van der Waals surface area contributed by atoms with Gasteiger partial charge in [0.15, 0.2) is 0 Å².